The summed E-state index contributed by atoms with van der Waals surface area (Å²) in [5.41, 5.74) is 0.367. The molecule has 0 N–H and O–H groups in total. The molecule has 2 aliphatic rings. The van der Waals surface area contributed by atoms with Gasteiger partial charge in [-0.15, -0.1) is 0 Å². The van der Waals surface area contributed by atoms with Crippen LogP contribution in [-0.2, 0) is 9.53 Å². The summed E-state index contributed by atoms with van der Waals surface area (Å²) in [6.45, 7) is 6.53. The molecule has 0 bridgehead atoms. The van der Waals surface area contributed by atoms with E-state index in [0.717, 1.165) is 12.8 Å². The van der Waals surface area contributed by atoms with Crippen molar-refractivity contribution in [2.24, 2.45) is 17.3 Å². The average molecular weight is 182 g/mol. The third-order valence-corrected chi connectivity index (χ3v) is 3.67. The average Bonchev–Trinajstić information content (AvgIpc) is 2.25. The molecule has 1 aliphatic heterocycles. The van der Waals surface area contributed by atoms with Crippen molar-refractivity contribution < 1.29 is 9.53 Å². The van der Waals surface area contributed by atoms with E-state index in [4.69, 9.17) is 4.74 Å². The third kappa shape index (κ3) is 1.47. The number of rotatable bonds is 0. The Morgan fingerprint density at radius 1 is 1.46 bits per heavy atom. The molecule has 3 unspecified atom stereocenters. The number of hydrogen-bond donors (Lipinski definition) is 0. The molecule has 0 aromatic heterocycles. The van der Waals surface area contributed by atoms with E-state index >= 15 is 0 Å². The predicted molar refractivity (Wildman–Crippen MR) is 50.2 cm³/mol. The van der Waals surface area contributed by atoms with Crippen molar-refractivity contribution in [3.05, 3.63) is 0 Å². The Kier molecular flexibility index (Phi) is 1.90. The highest BCUT2D eigenvalue weighted by molar-refractivity contribution is 5.74. The molecule has 1 heterocycles. The van der Waals surface area contributed by atoms with Gasteiger partial charge in [-0.2, -0.15) is 0 Å². The highest BCUT2D eigenvalue weighted by Crippen LogP contribution is 2.45. The number of hydrogen-bond acceptors (Lipinski definition) is 2. The first-order chi connectivity index (χ1) is 5.99. The van der Waals surface area contributed by atoms with Gasteiger partial charge < -0.3 is 4.74 Å². The van der Waals surface area contributed by atoms with Crippen LogP contribution in [0.1, 0.15) is 40.0 Å². The molecular weight excluding hydrogens is 164 g/mol. The van der Waals surface area contributed by atoms with E-state index in [2.05, 4.69) is 13.8 Å². The van der Waals surface area contributed by atoms with E-state index in [-0.39, 0.29) is 18.0 Å². The van der Waals surface area contributed by atoms with Crippen LogP contribution in [0.3, 0.4) is 0 Å². The second-order valence-electron chi connectivity index (χ2n) is 5.33. The fraction of sp³-hybridized carbons (Fsp3) is 0.909. The molecule has 2 nitrogen and oxygen atoms in total. The molecule has 0 aromatic carbocycles. The Balaban J connectivity index is 2.12. The standard InChI is InChI=1S/C11H18O2/c1-7-8-4-5-11(2,3)6-9(8)13-10(7)12/h7-9H,4-6H2,1-3H3. The van der Waals surface area contributed by atoms with Gasteiger partial charge in [0.2, 0.25) is 0 Å². The lowest BCUT2D eigenvalue weighted by Crippen LogP contribution is -2.32. The van der Waals surface area contributed by atoms with Crippen LogP contribution in [0.15, 0.2) is 0 Å². The van der Waals surface area contributed by atoms with Gasteiger partial charge in [0.25, 0.3) is 0 Å². The summed E-state index contributed by atoms with van der Waals surface area (Å²) < 4.78 is 5.37. The van der Waals surface area contributed by atoms with Gasteiger partial charge in [-0.3, -0.25) is 4.79 Å². The molecule has 13 heavy (non-hydrogen) atoms. The zero-order chi connectivity index (χ0) is 9.64. The Morgan fingerprint density at radius 3 is 2.85 bits per heavy atom. The Bertz CT molecular complexity index is 232. The molecular formula is C11H18O2. The molecule has 0 spiro atoms. The minimum absolute atomic E-state index is 0.0210. The fourth-order valence-corrected chi connectivity index (χ4v) is 2.67. The predicted octanol–water partition coefficient (Wildman–Crippen LogP) is 2.37. The SMILES string of the molecule is CC1C(=O)OC2CC(C)(C)CCC21. The van der Waals surface area contributed by atoms with E-state index in [1.165, 1.54) is 6.42 Å². The van der Waals surface area contributed by atoms with Crippen LogP contribution >= 0.6 is 0 Å². The highest BCUT2D eigenvalue weighted by atomic mass is 16.6. The molecule has 2 rings (SSSR count). The van der Waals surface area contributed by atoms with Gasteiger partial charge in [0, 0.05) is 5.92 Å². The van der Waals surface area contributed by atoms with Crippen molar-refractivity contribution in [3.8, 4) is 0 Å². The van der Waals surface area contributed by atoms with Gasteiger partial charge in [-0.25, -0.2) is 0 Å². The van der Waals surface area contributed by atoms with Crippen LogP contribution in [0.4, 0.5) is 0 Å². The molecule has 2 fully saturated rings. The summed E-state index contributed by atoms with van der Waals surface area (Å²) in [5, 5.41) is 0. The van der Waals surface area contributed by atoms with Crippen LogP contribution in [0.2, 0.25) is 0 Å². The fourth-order valence-electron chi connectivity index (χ4n) is 2.67. The van der Waals surface area contributed by atoms with Crippen LogP contribution in [0, 0.1) is 17.3 Å². The maximum atomic E-state index is 11.3. The lowest BCUT2D eigenvalue weighted by atomic mass is 9.69. The minimum atomic E-state index is 0.0210. The summed E-state index contributed by atoms with van der Waals surface area (Å²) in [4.78, 5) is 11.3. The summed E-state index contributed by atoms with van der Waals surface area (Å²) in [7, 11) is 0. The van der Waals surface area contributed by atoms with Crippen molar-refractivity contribution in [2.75, 3.05) is 0 Å². The Hall–Kier alpha value is -0.530. The summed E-state index contributed by atoms with van der Waals surface area (Å²) in [5.74, 6) is 0.661. The van der Waals surface area contributed by atoms with Crippen molar-refractivity contribution in [2.45, 2.75) is 46.1 Å². The largest absolute Gasteiger partial charge is 0.462 e. The second kappa shape index (κ2) is 2.73. The maximum absolute atomic E-state index is 11.3. The number of ether oxygens (including phenoxy) is 1. The lowest BCUT2D eigenvalue weighted by molar-refractivity contribution is -0.145. The highest BCUT2D eigenvalue weighted by Gasteiger charge is 2.46. The third-order valence-electron chi connectivity index (χ3n) is 3.67. The molecule has 3 atom stereocenters. The number of esters is 1. The second-order valence-corrected chi connectivity index (χ2v) is 5.33. The van der Waals surface area contributed by atoms with E-state index in [1.54, 1.807) is 0 Å². The molecule has 1 saturated heterocycles. The normalized spacial score (nSPS) is 42.7. The van der Waals surface area contributed by atoms with Crippen molar-refractivity contribution in [1.82, 2.24) is 0 Å². The monoisotopic (exact) mass is 182 g/mol. The first-order valence-electron chi connectivity index (χ1n) is 5.20. The van der Waals surface area contributed by atoms with Gasteiger partial charge in [0.05, 0.1) is 5.92 Å². The molecule has 0 radical (unpaired) electrons. The number of fused-ring (bicyclic) bond motifs is 1. The van der Waals surface area contributed by atoms with E-state index in [0.29, 0.717) is 11.3 Å². The van der Waals surface area contributed by atoms with Crippen molar-refractivity contribution in [1.29, 1.82) is 0 Å². The quantitative estimate of drug-likeness (QED) is 0.538. The van der Waals surface area contributed by atoms with Gasteiger partial charge in [-0.1, -0.05) is 20.8 Å². The zero-order valence-corrected chi connectivity index (χ0v) is 8.67. The first kappa shape index (κ1) is 9.04. The zero-order valence-electron chi connectivity index (χ0n) is 8.67. The Morgan fingerprint density at radius 2 is 2.15 bits per heavy atom. The smallest absolute Gasteiger partial charge is 0.309 e. The van der Waals surface area contributed by atoms with Gasteiger partial charge >= 0.3 is 5.97 Å². The number of carbonyl (C=O) groups excluding carboxylic acids is 1. The van der Waals surface area contributed by atoms with Crippen LogP contribution in [0.25, 0.3) is 0 Å². The van der Waals surface area contributed by atoms with Gasteiger partial charge in [-0.05, 0) is 24.7 Å². The van der Waals surface area contributed by atoms with Crippen LogP contribution in [0.5, 0.6) is 0 Å². The Labute approximate surface area is 79.7 Å². The van der Waals surface area contributed by atoms with Gasteiger partial charge in [0.1, 0.15) is 6.10 Å². The molecule has 2 heteroatoms. The molecule has 1 saturated carbocycles. The van der Waals surface area contributed by atoms with Gasteiger partial charge in [0.15, 0.2) is 0 Å². The summed E-state index contributed by atoms with van der Waals surface area (Å²) in [6.07, 6.45) is 3.65. The first-order valence-corrected chi connectivity index (χ1v) is 5.20. The maximum Gasteiger partial charge on any atom is 0.309 e. The van der Waals surface area contributed by atoms with E-state index in [1.807, 2.05) is 6.92 Å². The molecule has 0 amide bonds. The number of carbonyl (C=O) groups is 1. The summed E-state index contributed by atoms with van der Waals surface area (Å²) >= 11 is 0. The minimum Gasteiger partial charge on any atom is -0.462 e. The lowest BCUT2D eigenvalue weighted by Gasteiger charge is -2.36. The molecule has 74 valence electrons. The molecule has 0 aromatic rings. The van der Waals surface area contributed by atoms with E-state index < -0.39 is 0 Å². The van der Waals surface area contributed by atoms with Crippen molar-refractivity contribution >= 4 is 5.97 Å². The molecule has 1 aliphatic carbocycles. The van der Waals surface area contributed by atoms with Crippen molar-refractivity contribution in [3.63, 3.8) is 0 Å². The van der Waals surface area contributed by atoms with Crippen LogP contribution < -0.4 is 0 Å². The summed E-state index contributed by atoms with van der Waals surface area (Å²) in [6, 6.07) is 0. The topological polar surface area (TPSA) is 26.3 Å². The van der Waals surface area contributed by atoms with E-state index in [9.17, 15) is 4.79 Å². The van der Waals surface area contributed by atoms with Crippen LogP contribution in [-0.4, -0.2) is 12.1 Å².